The number of rotatable bonds is 5. The smallest absolute Gasteiger partial charge is 0.227 e. The Kier molecular flexibility index (Phi) is 6.88. The fourth-order valence-electron chi connectivity index (χ4n) is 5.39. The first-order valence-electron chi connectivity index (χ1n) is 12.8. The predicted octanol–water partition coefficient (Wildman–Crippen LogP) is 6.08. The third kappa shape index (κ3) is 5.11. The highest BCUT2D eigenvalue weighted by Crippen LogP contribution is 2.51. The van der Waals surface area contributed by atoms with Gasteiger partial charge in [0.05, 0.1) is 16.3 Å². The third-order valence-corrected chi connectivity index (χ3v) is 9.32. The van der Waals surface area contributed by atoms with E-state index in [1.807, 2.05) is 44.2 Å². The van der Waals surface area contributed by atoms with Crippen LogP contribution in [0, 0.1) is 11.2 Å². The van der Waals surface area contributed by atoms with E-state index < -0.39 is 33.0 Å². The van der Waals surface area contributed by atoms with Gasteiger partial charge in [-0.3, -0.25) is 9.69 Å². The van der Waals surface area contributed by atoms with Crippen molar-refractivity contribution in [2.24, 2.45) is 5.41 Å². The van der Waals surface area contributed by atoms with Crippen molar-refractivity contribution in [2.45, 2.75) is 46.3 Å². The highest BCUT2D eigenvalue weighted by molar-refractivity contribution is 7.95. The Labute approximate surface area is 227 Å². The van der Waals surface area contributed by atoms with E-state index in [9.17, 15) is 18.3 Å². The summed E-state index contributed by atoms with van der Waals surface area (Å²) >= 11 is 0. The Hall–Kier alpha value is -3.85. The number of carbonyl (C=O) groups is 1. The molecule has 0 aromatic heterocycles. The maximum Gasteiger partial charge on any atom is 0.227 e. The van der Waals surface area contributed by atoms with Crippen LogP contribution in [0.2, 0.25) is 0 Å². The number of ether oxygens (including phenoxy) is 1. The van der Waals surface area contributed by atoms with Crippen molar-refractivity contribution < 1.29 is 27.4 Å². The molecule has 0 saturated heterocycles. The third-order valence-electron chi connectivity index (χ3n) is 7.02. The maximum absolute atomic E-state index is 15.9. The first-order valence-corrected chi connectivity index (χ1v) is 14.5. The van der Waals surface area contributed by atoms with Gasteiger partial charge in [-0.25, -0.2) is 12.8 Å². The average molecular weight is 551 g/mol. The van der Waals surface area contributed by atoms with Crippen LogP contribution in [-0.4, -0.2) is 25.2 Å². The molecule has 0 saturated carbocycles. The molecule has 0 spiro atoms. The highest BCUT2D eigenvalue weighted by Gasteiger charge is 2.47. The number of benzene rings is 3. The second kappa shape index (κ2) is 10.0. The Morgan fingerprint density at radius 3 is 2.56 bits per heavy atom. The molecule has 3 aromatic rings. The highest BCUT2D eigenvalue weighted by atomic mass is 32.2. The summed E-state index contributed by atoms with van der Waals surface area (Å²) in [6.07, 6.45) is 0.375. The van der Waals surface area contributed by atoms with Crippen LogP contribution in [0.25, 0.3) is 0 Å². The van der Waals surface area contributed by atoms with Crippen LogP contribution >= 0.6 is 0 Å². The Morgan fingerprint density at radius 2 is 1.87 bits per heavy atom. The lowest BCUT2D eigenvalue weighted by Crippen LogP contribution is -2.41. The van der Waals surface area contributed by atoms with Gasteiger partial charge in [-0.1, -0.05) is 57.2 Å². The fourth-order valence-corrected chi connectivity index (χ4v) is 7.75. The van der Waals surface area contributed by atoms with Gasteiger partial charge in [0.25, 0.3) is 0 Å². The van der Waals surface area contributed by atoms with Crippen LogP contribution in [0.5, 0.6) is 11.5 Å². The maximum atomic E-state index is 15.9. The van der Waals surface area contributed by atoms with Crippen LogP contribution < -0.4 is 15.0 Å². The number of carbonyl (C=O) groups excluding carboxylic acids is 1. The van der Waals surface area contributed by atoms with Gasteiger partial charge in [0.15, 0.2) is 9.84 Å². The number of sulfone groups is 1. The van der Waals surface area contributed by atoms with Crippen molar-refractivity contribution in [3.05, 3.63) is 94.3 Å². The lowest BCUT2D eigenvalue weighted by molar-refractivity contribution is -0.118. The molecule has 3 aromatic carbocycles. The van der Waals surface area contributed by atoms with E-state index in [0.717, 1.165) is 5.56 Å². The number of phenolic OH excluding ortho intramolecular Hbond substituents is 1. The number of hydrogen-bond acceptors (Lipinski definition) is 6. The summed E-state index contributed by atoms with van der Waals surface area (Å²) in [5, 5.41) is 13.9. The molecule has 2 heterocycles. The predicted molar refractivity (Wildman–Crippen MR) is 149 cm³/mol. The number of fused-ring (bicyclic) bond motifs is 1. The lowest BCUT2D eigenvalue weighted by atomic mass is 9.88. The van der Waals surface area contributed by atoms with Crippen LogP contribution in [0.4, 0.5) is 15.8 Å². The number of amides is 1. The topological polar surface area (TPSA) is 95.9 Å². The van der Waals surface area contributed by atoms with Gasteiger partial charge in [-0.15, -0.1) is 0 Å². The Balaban J connectivity index is 1.68. The van der Waals surface area contributed by atoms with Gasteiger partial charge in [0, 0.05) is 23.7 Å². The van der Waals surface area contributed by atoms with Crippen molar-refractivity contribution in [3.8, 4) is 11.5 Å². The van der Waals surface area contributed by atoms with Crippen molar-refractivity contribution >= 4 is 27.1 Å². The van der Waals surface area contributed by atoms with Gasteiger partial charge in [-0.05, 0) is 41.7 Å². The quantitative estimate of drug-likeness (QED) is 0.374. The minimum absolute atomic E-state index is 0.0256. The zero-order valence-corrected chi connectivity index (χ0v) is 22.9. The van der Waals surface area contributed by atoms with Crippen LogP contribution in [0.1, 0.15) is 50.8 Å². The normalized spacial score (nSPS) is 19.4. The molecular weight excluding hydrogens is 519 g/mol. The van der Waals surface area contributed by atoms with Crippen molar-refractivity contribution in [1.29, 1.82) is 0 Å². The number of halogens is 1. The molecule has 0 bridgehead atoms. The van der Waals surface area contributed by atoms with E-state index in [2.05, 4.69) is 5.32 Å². The molecule has 1 unspecified atom stereocenters. The molecule has 9 heteroatoms. The molecule has 2 aliphatic rings. The average Bonchev–Trinajstić information content (AvgIpc) is 3.02. The minimum atomic E-state index is -3.95. The van der Waals surface area contributed by atoms with E-state index >= 15 is 4.39 Å². The van der Waals surface area contributed by atoms with Gasteiger partial charge in [0.1, 0.15) is 35.7 Å². The molecule has 0 fully saturated rings. The van der Waals surface area contributed by atoms with Gasteiger partial charge < -0.3 is 15.2 Å². The molecule has 0 aliphatic carbocycles. The summed E-state index contributed by atoms with van der Waals surface area (Å²) < 4.78 is 49.4. The molecule has 1 amide bonds. The second-order valence-electron chi connectivity index (χ2n) is 10.7. The van der Waals surface area contributed by atoms with Crippen LogP contribution in [0.3, 0.4) is 0 Å². The zero-order chi connectivity index (χ0) is 27.9. The number of aromatic hydroxyl groups is 1. The second-order valence-corrected chi connectivity index (χ2v) is 12.7. The van der Waals surface area contributed by atoms with Crippen LogP contribution in [0.15, 0.2) is 77.3 Å². The largest absolute Gasteiger partial charge is 0.506 e. The van der Waals surface area contributed by atoms with E-state index in [-0.39, 0.29) is 52.1 Å². The summed E-state index contributed by atoms with van der Waals surface area (Å²) in [7, 11) is -3.95. The number of nitrogens with one attached hydrogen (secondary N) is 1. The minimum Gasteiger partial charge on any atom is -0.506 e. The molecule has 204 valence electrons. The number of hydrogen-bond donors (Lipinski definition) is 2. The number of nitrogens with zero attached hydrogens (tertiary/aromatic N) is 1. The van der Waals surface area contributed by atoms with Crippen LogP contribution in [-0.2, 0) is 21.2 Å². The first kappa shape index (κ1) is 26.7. The van der Waals surface area contributed by atoms with Gasteiger partial charge in [-0.2, -0.15) is 0 Å². The molecule has 5 rings (SSSR count). The van der Waals surface area contributed by atoms with Crippen molar-refractivity contribution in [3.63, 3.8) is 0 Å². The van der Waals surface area contributed by atoms with E-state index in [4.69, 9.17) is 4.74 Å². The summed E-state index contributed by atoms with van der Waals surface area (Å²) in [4.78, 5) is 14.7. The fraction of sp³-hybridized carbons (Fsp3) is 0.300. The number of phenols is 1. The van der Waals surface area contributed by atoms with Crippen molar-refractivity contribution in [2.75, 3.05) is 16.0 Å². The Morgan fingerprint density at radius 1 is 1.13 bits per heavy atom. The summed E-state index contributed by atoms with van der Waals surface area (Å²) in [6.45, 7) is 5.58. The SMILES string of the molecule is CCC(=O)N1c2cccc(O)c2NC2=C(C1c1ccc(OCc3ccccc3)cc1F)S(=O)(=O)CC(C)(C)C2. The van der Waals surface area contributed by atoms with Gasteiger partial charge in [0.2, 0.25) is 5.91 Å². The number of para-hydroxylation sites is 1. The zero-order valence-electron chi connectivity index (χ0n) is 22.1. The molecule has 39 heavy (non-hydrogen) atoms. The molecule has 7 nitrogen and oxygen atoms in total. The Bertz CT molecular complexity index is 1570. The summed E-state index contributed by atoms with van der Waals surface area (Å²) in [5.41, 5.74) is 1.16. The summed E-state index contributed by atoms with van der Waals surface area (Å²) in [6, 6.07) is 17.1. The molecule has 2 aliphatic heterocycles. The monoisotopic (exact) mass is 550 g/mol. The van der Waals surface area contributed by atoms with Gasteiger partial charge >= 0.3 is 0 Å². The molecule has 0 radical (unpaired) electrons. The lowest BCUT2D eigenvalue weighted by Gasteiger charge is -2.37. The standard InChI is InChI=1S/C30H31FN2O5S/c1-4-26(35)33-24-11-8-12-25(34)27(24)32-23-16-30(2,3)18-39(36,37)29(23)28(33)21-14-13-20(15-22(21)31)38-17-19-9-6-5-7-10-19/h5-15,28,32,34H,4,16-18H2,1-3H3. The molecule has 2 N–H and O–H groups in total. The number of allylic oxidation sites excluding steroid dienone is 1. The number of anilines is 2. The first-order chi connectivity index (χ1) is 18.5. The van der Waals surface area contributed by atoms with E-state index in [1.165, 1.54) is 23.1 Å². The molecular formula is C30H31FN2O5S. The van der Waals surface area contributed by atoms with Crippen molar-refractivity contribution in [1.82, 2.24) is 0 Å². The summed E-state index contributed by atoms with van der Waals surface area (Å²) in [5.74, 6) is -1.13. The van der Waals surface area contributed by atoms with E-state index in [1.54, 1.807) is 25.1 Å². The molecule has 1 atom stereocenters. The van der Waals surface area contributed by atoms with E-state index in [0.29, 0.717) is 12.1 Å².